The maximum atomic E-state index is 4.49. The number of fused-ring (bicyclic) bond motifs is 1. The van der Waals surface area contributed by atoms with Crippen LogP contribution in [0.25, 0.3) is 10.9 Å². The van der Waals surface area contributed by atoms with Gasteiger partial charge in [0.2, 0.25) is 0 Å². The van der Waals surface area contributed by atoms with Crippen LogP contribution in [0.15, 0.2) is 60.8 Å². The van der Waals surface area contributed by atoms with E-state index in [2.05, 4.69) is 60.5 Å². The molecule has 3 aromatic rings. The van der Waals surface area contributed by atoms with Gasteiger partial charge in [-0.15, -0.1) is 0 Å². The predicted molar refractivity (Wildman–Crippen MR) is 89.6 cm³/mol. The summed E-state index contributed by atoms with van der Waals surface area (Å²) in [5, 5.41) is 4.69. The van der Waals surface area contributed by atoms with Gasteiger partial charge < -0.3 is 5.32 Å². The third-order valence-corrected chi connectivity index (χ3v) is 3.86. The Bertz CT molecular complexity index is 732. The number of para-hydroxylation sites is 1. The quantitative estimate of drug-likeness (QED) is 0.727. The van der Waals surface area contributed by atoms with Crippen molar-refractivity contribution in [3.8, 4) is 0 Å². The number of rotatable bonds is 4. The molecule has 2 heteroatoms. The number of anilines is 1. The summed E-state index contributed by atoms with van der Waals surface area (Å²) in [4.78, 5) is 4.49. The molecule has 3 rings (SSSR count). The Hall–Kier alpha value is -2.35. The monoisotopic (exact) mass is 276 g/mol. The third-order valence-electron chi connectivity index (χ3n) is 3.86. The molecule has 0 fully saturated rings. The van der Waals surface area contributed by atoms with Crippen LogP contribution in [-0.4, -0.2) is 4.98 Å². The number of aryl methyl sites for hydroxylation is 1. The minimum absolute atomic E-state index is 0.263. The number of hydrogen-bond acceptors (Lipinski definition) is 2. The van der Waals surface area contributed by atoms with Gasteiger partial charge in [-0.1, -0.05) is 49.4 Å². The van der Waals surface area contributed by atoms with Gasteiger partial charge in [-0.2, -0.15) is 0 Å². The van der Waals surface area contributed by atoms with Crippen LogP contribution in [0.3, 0.4) is 0 Å². The predicted octanol–water partition coefficient (Wildman–Crippen LogP) is 4.97. The molecule has 106 valence electrons. The minimum Gasteiger partial charge on any atom is -0.377 e. The molecule has 0 bridgehead atoms. The molecule has 0 amide bonds. The molecule has 2 aromatic carbocycles. The van der Waals surface area contributed by atoms with Gasteiger partial charge in [0.15, 0.2) is 0 Å². The van der Waals surface area contributed by atoms with E-state index in [-0.39, 0.29) is 6.04 Å². The van der Waals surface area contributed by atoms with E-state index in [1.54, 1.807) is 0 Å². The van der Waals surface area contributed by atoms with Gasteiger partial charge in [-0.25, -0.2) is 0 Å². The first kappa shape index (κ1) is 13.6. The fraction of sp³-hybridized carbons (Fsp3) is 0.211. The largest absolute Gasteiger partial charge is 0.377 e. The molecule has 1 aromatic heterocycles. The Kier molecular flexibility index (Phi) is 3.87. The molecule has 1 atom stereocenters. The second kappa shape index (κ2) is 5.96. The van der Waals surface area contributed by atoms with Crippen LogP contribution in [0.2, 0.25) is 0 Å². The van der Waals surface area contributed by atoms with Crippen LogP contribution in [0, 0.1) is 0 Å². The van der Waals surface area contributed by atoms with E-state index < -0.39 is 0 Å². The first-order chi connectivity index (χ1) is 10.3. The zero-order chi connectivity index (χ0) is 14.7. The van der Waals surface area contributed by atoms with E-state index in [0.717, 1.165) is 23.0 Å². The number of aromatic nitrogens is 1. The van der Waals surface area contributed by atoms with Gasteiger partial charge in [0, 0.05) is 11.4 Å². The standard InChI is InChI=1S/C19H20N2/c1-3-15-8-10-16(11-9-15)14(2)21-18-12-17-6-4-5-7-19(17)20-13-18/h4-14,21H,3H2,1-2H3. The lowest BCUT2D eigenvalue weighted by Crippen LogP contribution is -2.06. The van der Waals surface area contributed by atoms with E-state index in [9.17, 15) is 0 Å². The summed E-state index contributed by atoms with van der Waals surface area (Å²) in [5.74, 6) is 0. The Balaban J connectivity index is 1.79. The van der Waals surface area contributed by atoms with Crippen molar-refractivity contribution in [1.29, 1.82) is 0 Å². The summed E-state index contributed by atoms with van der Waals surface area (Å²) in [6, 6.07) is 19.4. The molecule has 0 saturated heterocycles. The van der Waals surface area contributed by atoms with Gasteiger partial charge in [-0.05, 0) is 36.6 Å². The van der Waals surface area contributed by atoms with Crippen molar-refractivity contribution < 1.29 is 0 Å². The average Bonchev–Trinajstić information content (AvgIpc) is 2.55. The summed E-state index contributed by atoms with van der Waals surface area (Å²) in [6.07, 6.45) is 2.98. The van der Waals surface area contributed by atoms with Crippen molar-refractivity contribution in [2.75, 3.05) is 5.32 Å². The molecule has 0 radical (unpaired) electrons. The van der Waals surface area contributed by atoms with Crippen molar-refractivity contribution >= 4 is 16.6 Å². The molecule has 0 aliphatic heterocycles. The van der Waals surface area contributed by atoms with Crippen molar-refractivity contribution in [3.63, 3.8) is 0 Å². The normalized spacial score (nSPS) is 12.3. The van der Waals surface area contributed by atoms with Gasteiger partial charge in [0.1, 0.15) is 0 Å². The molecule has 0 aliphatic carbocycles. The second-order valence-corrected chi connectivity index (χ2v) is 5.38. The Morgan fingerprint density at radius 2 is 1.81 bits per heavy atom. The molecule has 2 nitrogen and oxygen atoms in total. The number of nitrogens with one attached hydrogen (secondary N) is 1. The molecule has 0 spiro atoms. The van der Waals surface area contributed by atoms with Crippen LogP contribution >= 0.6 is 0 Å². The highest BCUT2D eigenvalue weighted by atomic mass is 14.9. The topological polar surface area (TPSA) is 24.9 Å². The van der Waals surface area contributed by atoms with Crippen LogP contribution in [-0.2, 0) is 6.42 Å². The van der Waals surface area contributed by atoms with Crippen molar-refractivity contribution in [1.82, 2.24) is 4.98 Å². The molecule has 0 saturated carbocycles. The van der Waals surface area contributed by atoms with Crippen LogP contribution in [0.5, 0.6) is 0 Å². The molecule has 1 unspecified atom stereocenters. The molecular formula is C19H20N2. The first-order valence-corrected chi connectivity index (χ1v) is 7.46. The van der Waals surface area contributed by atoms with Crippen molar-refractivity contribution in [2.24, 2.45) is 0 Å². The van der Waals surface area contributed by atoms with E-state index in [0.29, 0.717) is 0 Å². The minimum atomic E-state index is 0.263. The second-order valence-electron chi connectivity index (χ2n) is 5.38. The number of nitrogens with zero attached hydrogens (tertiary/aromatic N) is 1. The Morgan fingerprint density at radius 3 is 2.57 bits per heavy atom. The third kappa shape index (κ3) is 3.05. The van der Waals surface area contributed by atoms with E-state index in [1.807, 2.05) is 24.4 Å². The number of pyridine rings is 1. The number of benzene rings is 2. The fourth-order valence-corrected chi connectivity index (χ4v) is 2.53. The highest BCUT2D eigenvalue weighted by Gasteiger charge is 2.06. The van der Waals surface area contributed by atoms with Crippen molar-refractivity contribution in [3.05, 3.63) is 71.9 Å². The Morgan fingerprint density at radius 1 is 1.05 bits per heavy atom. The molecule has 0 aliphatic rings. The van der Waals surface area contributed by atoms with Gasteiger partial charge >= 0.3 is 0 Å². The lowest BCUT2D eigenvalue weighted by Gasteiger charge is -2.16. The maximum absolute atomic E-state index is 4.49. The fourth-order valence-electron chi connectivity index (χ4n) is 2.53. The highest BCUT2D eigenvalue weighted by Crippen LogP contribution is 2.22. The molecule has 1 N–H and O–H groups in total. The zero-order valence-electron chi connectivity index (χ0n) is 12.5. The summed E-state index contributed by atoms with van der Waals surface area (Å²) in [7, 11) is 0. The van der Waals surface area contributed by atoms with E-state index >= 15 is 0 Å². The summed E-state index contributed by atoms with van der Waals surface area (Å²) < 4.78 is 0. The lowest BCUT2D eigenvalue weighted by atomic mass is 10.0. The molecular weight excluding hydrogens is 256 g/mol. The summed E-state index contributed by atoms with van der Waals surface area (Å²) in [5.41, 5.74) is 4.75. The maximum Gasteiger partial charge on any atom is 0.0703 e. The van der Waals surface area contributed by atoms with E-state index in [1.165, 1.54) is 11.1 Å². The number of hydrogen-bond donors (Lipinski definition) is 1. The first-order valence-electron chi connectivity index (χ1n) is 7.46. The zero-order valence-corrected chi connectivity index (χ0v) is 12.5. The van der Waals surface area contributed by atoms with Gasteiger partial charge in [0.05, 0.1) is 17.4 Å². The van der Waals surface area contributed by atoms with Crippen LogP contribution in [0.1, 0.15) is 31.0 Å². The molecule has 21 heavy (non-hydrogen) atoms. The Labute approximate surface area is 125 Å². The summed E-state index contributed by atoms with van der Waals surface area (Å²) in [6.45, 7) is 4.35. The summed E-state index contributed by atoms with van der Waals surface area (Å²) >= 11 is 0. The van der Waals surface area contributed by atoms with Crippen molar-refractivity contribution in [2.45, 2.75) is 26.3 Å². The van der Waals surface area contributed by atoms with Crippen LogP contribution in [0.4, 0.5) is 5.69 Å². The highest BCUT2D eigenvalue weighted by molar-refractivity contribution is 5.81. The van der Waals surface area contributed by atoms with E-state index in [4.69, 9.17) is 0 Å². The average molecular weight is 276 g/mol. The lowest BCUT2D eigenvalue weighted by molar-refractivity contribution is 0.882. The van der Waals surface area contributed by atoms with Gasteiger partial charge in [-0.3, -0.25) is 4.98 Å². The molecule has 1 heterocycles. The van der Waals surface area contributed by atoms with Gasteiger partial charge in [0.25, 0.3) is 0 Å². The SMILES string of the molecule is CCc1ccc(C(C)Nc2cnc3ccccc3c2)cc1. The van der Waals surface area contributed by atoms with Crippen LogP contribution < -0.4 is 5.32 Å². The smallest absolute Gasteiger partial charge is 0.0703 e.